The molecule has 182 valence electrons. The van der Waals surface area contributed by atoms with Crippen LogP contribution in [-0.4, -0.2) is 74.8 Å². The molecule has 0 saturated carbocycles. The van der Waals surface area contributed by atoms with Crippen molar-refractivity contribution < 1.29 is 38.6 Å². The molecule has 0 aliphatic carbocycles. The lowest BCUT2D eigenvalue weighted by atomic mass is 10.0. The number of nitrogens with two attached hydrogens (primary N) is 1. The molecule has 3 rings (SSSR count). The molecule has 3 heterocycles. The van der Waals surface area contributed by atoms with Crippen LogP contribution >= 0.6 is 23.1 Å². The van der Waals surface area contributed by atoms with Crippen molar-refractivity contribution in [3.05, 3.63) is 35.0 Å². The van der Waals surface area contributed by atoms with Gasteiger partial charge < -0.3 is 30.5 Å². The quantitative estimate of drug-likeness (QED) is 0.112. The van der Waals surface area contributed by atoms with Crippen molar-refractivity contribution in [3.8, 4) is 0 Å². The van der Waals surface area contributed by atoms with Crippen LogP contribution in [0.15, 0.2) is 34.5 Å². The van der Waals surface area contributed by atoms with Gasteiger partial charge in [0.15, 0.2) is 10.8 Å². The number of rotatable bonds is 8. The fraction of sp³-hybridized carbons (Fsp3) is 0.368. The zero-order chi connectivity index (χ0) is 25.0. The summed E-state index contributed by atoms with van der Waals surface area (Å²) in [7, 11) is 0. The second kappa shape index (κ2) is 10.6. The summed E-state index contributed by atoms with van der Waals surface area (Å²) >= 11 is 2.34. The Morgan fingerprint density at radius 3 is 2.79 bits per heavy atom. The molecule has 1 aromatic heterocycles. The molecule has 2 aliphatic rings. The Balaban J connectivity index is 1.71. The molecule has 3 atom stereocenters. The summed E-state index contributed by atoms with van der Waals surface area (Å²) in [6.07, 6.45) is -0.873. The van der Waals surface area contributed by atoms with E-state index in [2.05, 4.69) is 26.8 Å². The van der Waals surface area contributed by atoms with Crippen LogP contribution in [0.5, 0.6) is 0 Å². The van der Waals surface area contributed by atoms with E-state index in [9.17, 15) is 24.4 Å². The molecule has 0 radical (unpaired) electrons. The Morgan fingerprint density at radius 1 is 1.47 bits per heavy atom. The SMILES string of the molecule is C=CC1=C(C(=O)OC(C)OC(=O)OCC)N2C(=O)C(NC(=O)/C(=N\O)c3csc(N)n3)[C@H]2SC1. The van der Waals surface area contributed by atoms with Crippen LogP contribution < -0.4 is 11.1 Å². The first-order valence-electron chi connectivity index (χ1n) is 9.80. The van der Waals surface area contributed by atoms with Crippen LogP contribution in [0.4, 0.5) is 9.93 Å². The number of aromatic nitrogens is 1. The molecule has 15 heteroatoms. The number of amides is 2. The van der Waals surface area contributed by atoms with Gasteiger partial charge in [-0.3, -0.25) is 14.5 Å². The molecule has 1 saturated heterocycles. The molecule has 2 unspecified atom stereocenters. The highest BCUT2D eigenvalue weighted by Gasteiger charge is 2.54. The highest BCUT2D eigenvalue weighted by Crippen LogP contribution is 2.41. The zero-order valence-electron chi connectivity index (χ0n) is 18.0. The number of oxime groups is 1. The van der Waals surface area contributed by atoms with E-state index in [1.165, 1.54) is 35.0 Å². The number of β-lactam (4-membered cyclic amide) rings is 1. The minimum Gasteiger partial charge on any atom is -0.435 e. The van der Waals surface area contributed by atoms with Crippen molar-refractivity contribution in [1.82, 2.24) is 15.2 Å². The summed E-state index contributed by atoms with van der Waals surface area (Å²) in [6.45, 7) is 6.65. The van der Waals surface area contributed by atoms with Crippen molar-refractivity contribution in [3.63, 3.8) is 0 Å². The van der Waals surface area contributed by atoms with Crippen LogP contribution in [0, 0.1) is 0 Å². The maximum atomic E-state index is 12.9. The summed E-state index contributed by atoms with van der Waals surface area (Å²) in [5, 5.41) is 15.7. The first-order chi connectivity index (χ1) is 16.2. The molecule has 2 aliphatic heterocycles. The number of thioether (sulfide) groups is 1. The largest absolute Gasteiger partial charge is 0.511 e. The fourth-order valence-corrected chi connectivity index (χ4v) is 5.01. The lowest BCUT2D eigenvalue weighted by molar-refractivity contribution is -0.168. The Labute approximate surface area is 201 Å². The number of nitrogen functional groups attached to an aromatic ring is 1. The lowest BCUT2D eigenvalue weighted by Gasteiger charge is -2.49. The Morgan fingerprint density at radius 2 is 2.21 bits per heavy atom. The van der Waals surface area contributed by atoms with E-state index in [0.717, 1.165) is 11.3 Å². The number of carbonyl (C=O) groups excluding carboxylic acids is 4. The molecular weight excluding hydrogens is 490 g/mol. The number of fused-ring (bicyclic) bond motifs is 1. The van der Waals surface area contributed by atoms with Crippen LogP contribution in [0.3, 0.4) is 0 Å². The topological polar surface area (TPSA) is 183 Å². The van der Waals surface area contributed by atoms with Crippen molar-refractivity contribution in [2.24, 2.45) is 5.16 Å². The average molecular weight is 512 g/mol. The van der Waals surface area contributed by atoms with E-state index < -0.39 is 47.4 Å². The number of nitrogens with one attached hydrogen (secondary N) is 1. The van der Waals surface area contributed by atoms with Crippen molar-refractivity contribution in [1.29, 1.82) is 0 Å². The maximum absolute atomic E-state index is 12.9. The van der Waals surface area contributed by atoms with E-state index in [1.807, 2.05) is 0 Å². The smallest absolute Gasteiger partial charge is 0.435 e. The van der Waals surface area contributed by atoms with Gasteiger partial charge in [-0.2, -0.15) is 0 Å². The Kier molecular flexibility index (Phi) is 7.78. The summed E-state index contributed by atoms with van der Waals surface area (Å²) in [5.74, 6) is -2.05. The first-order valence-corrected chi connectivity index (χ1v) is 11.7. The van der Waals surface area contributed by atoms with E-state index in [4.69, 9.17) is 15.2 Å². The predicted octanol–water partition coefficient (Wildman–Crippen LogP) is 0.806. The molecule has 1 aromatic rings. The van der Waals surface area contributed by atoms with E-state index >= 15 is 0 Å². The molecule has 4 N–H and O–H groups in total. The van der Waals surface area contributed by atoms with Gasteiger partial charge in [-0.15, -0.1) is 23.1 Å². The van der Waals surface area contributed by atoms with Gasteiger partial charge in [0, 0.05) is 18.1 Å². The highest BCUT2D eigenvalue weighted by molar-refractivity contribution is 8.00. The third-order valence-corrected chi connectivity index (χ3v) is 6.58. The van der Waals surface area contributed by atoms with Crippen LogP contribution in [0.1, 0.15) is 19.5 Å². The second-order valence-electron chi connectivity index (χ2n) is 6.73. The molecular formula is C19H21N5O8S2. The number of hydrogen-bond acceptors (Lipinski definition) is 13. The Hall–Kier alpha value is -3.59. The third-order valence-electron chi connectivity index (χ3n) is 4.60. The maximum Gasteiger partial charge on any atom is 0.511 e. The molecule has 0 aromatic carbocycles. The van der Waals surface area contributed by atoms with E-state index in [1.54, 1.807) is 6.92 Å². The normalized spacial score (nSPS) is 20.6. The van der Waals surface area contributed by atoms with Crippen LogP contribution in [0.25, 0.3) is 0 Å². The number of nitrogens with zero attached hydrogens (tertiary/aromatic N) is 3. The molecule has 13 nitrogen and oxygen atoms in total. The summed E-state index contributed by atoms with van der Waals surface area (Å²) in [5.41, 5.74) is 5.55. The van der Waals surface area contributed by atoms with Crippen molar-refractivity contribution >= 4 is 57.9 Å². The fourth-order valence-electron chi connectivity index (χ4n) is 3.13. The van der Waals surface area contributed by atoms with E-state index in [-0.39, 0.29) is 23.1 Å². The van der Waals surface area contributed by atoms with Crippen molar-refractivity contribution in [2.45, 2.75) is 31.6 Å². The van der Waals surface area contributed by atoms with Crippen LogP contribution in [-0.2, 0) is 28.6 Å². The van der Waals surface area contributed by atoms with Crippen molar-refractivity contribution in [2.75, 3.05) is 18.1 Å². The minimum absolute atomic E-state index is 0.0520. The lowest BCUT2D eigenvalue weighted by Crippen LogP contribution is -2.71. The number of hydrogen-bond donors (Lipinski definition) is 3. The second-order valence-corrected chi connectivity index (χ2v) is 8.73. The zero-order valence-corrected chi connectivity index (χ0v) is 19.7. The summed E-state index contributed by atoms with van der Waals surface area (Å²) < 4.78 is 14.6. The molecule has 1 fully saturated rings. The monoisotopic (exact) mass is 511 g/mol. The van der Waals surface area contributed by atoms with E-state index in [0.29, 0.717) is 11.3 Å². The number of anilines is 1. The number of esters is 1. The average Bonchev–Trinajstić information content (AvgIpc) is 3.22. The van der Waals surface area contributed by atoms with Crippen LogP contribution in [0.2, 0.25) is 0 Å². The molecule has 0 spiro atoms. The van der Waals surface area contributed by atoms with Gasteiger partial charge in [0.05, 0.1) is 6.61 Å². The predicted molar refractivity (Wildman–Crippen MR) is 121 cm³/mol. The first kappa shape index (κ1) is 25.0. The molecule has 2 amide bonds. The standard InChI is InChI=1S/C19H21N5O8S2/c1-4-9-6-33-16-12(22-14(25)11(23-29)10-7-34-18(20)21-10)15(26)24(16)13(9)17(27)31-8(3)32-19(28)30-5-2/h4,7-8,12,16,29H,1,5-6H2,2-3H3,(H2,20,21)(H,22,25)/b23-11-/t8?,12?,16-/m1/s1. The van der Waals surface area contributed by atoms with Gasteiger partial charge in [0.25, 0.3) is 11.8 Å². The number of allylic oxidation sites excluding steroid dienone is 1. The van der Waals surface area contributed by atoms with Gasteiger partial charge in [-0.25, -0.2) is 14.6 Å². The molecule has 0 bridgehead atoms. The third kappa shape index (κ3) is 4.99. The van der Waals surface area contributed by atoms with Gasteiger partial charge in [-0.1, -0.05) is 17.8 Å². The minimum atomic E-state index is -1.28. The highest BCUT2D eigenvalue weighted by atomic mass is 32.2. The van der Waals surface area contributed by atoms with Gasteiger partial charge in [0.2, 0.25) is 6.29 Å². The number of thiazole rings is 1. The Bertz CT molecular complexity index is 1080. The molecule has 34 heavy (non-hydrogen) atoms. The van der Waals surface area contributed by atoms with Gasteiger partial charge in [-0.05, 0) is 12.5 Å². The summed E-state index contributed by atoms with van der Waals surface area (Å²) in [4.78, 5) is 54.8. The number of carbonyl (C=O) groups is 4. The van der Waals surface area contributed by atoms with Gasteiger partial charge in [0.1, 0.15) is 22.8 Å². The summed E-state index contributed by atoms with van der Waals surface area (Å²) in [6, 6.07) is -1.01. The van der Waals surface area contributed by atoms with Gasteiger partial charge >= 0.3 is 12.1 Å². The number of ether oxygens (including phenoxy) is 3.